The summed E-state index contributed by atoms with van der Waals surface area (Å²) in [4.78, 5) is 24.7. The zero-order chi connectivity index (χ0) is 15.4. The predicted molar refractivity (Wildman–Crippen MR) is 81.4 cm³/mol. The lowest BCUT2D eigenvalue weighted by Crippen LogP contribution is -2.30. The van der Waals surface area contributed by atoms with Crippen molar-refractivity contribution in [2.45, 2.75) is 32.2 Å². The first-order valence-electron chi connectivity index (χ1n) is 7.19. The van der Waals surface area contributed by atoms with Crippen LogP contribution in [0.5, 0.6) is 0 Å². The number of nitrogens with one attached hydrogen (secondary N) is 1. The fourth-order valence-electron chi connectivity index (χ4n) is 2.75. The molecule has 1 amide bonds. The van der Waals surface area contributed by atoms with Crippen LogP contribution in [0.3, 0.4) is 0 Å². The standard InChI is InChI=1S/C16H22N2O3/c1-11(19)18-7-6-13-8-12(4-5-15(13)18)9-14(17-2)10-16(20)21-3/h4-5,8,14,17H,6-7,9-10H2,1-3H3. The molecule has 5 nitrogen and oxygen atoms in total. The van der Waals surface area contributed by atoms with Crippen LogP contribution in [0.4, 0.5) is 5.69 Å². The zero-order valence-electron chi connectivity index (χ0n) is 12.8. The Morgan fingerprint density at radius 2 is 2.19 bits per heavy atom. The Morgan fingerprint density at radius 1 is 1.43 bits per heavy atom. The average Bonchev–Trinajstić information content (AvgIpc) is 2.89. The van der Waals surface area contributed by atoms with Crippen LogP contribution in [0.25, 0.3) is 0 Å². The first kappa shape index (κ1) is 15.5. The normalized spacial score (nSPS) is 14.7. The number of fused-ring (bicyclic) bond motifs is 1. The number of rotatable bonds is 5. The van der Waals surface area contributed by atoms with Gasteiger partial charge in [0.25, 0.3) is 0 Å². The van der Waals surface area contributed by atoms with Gasteiger partial charge in [-0.2, -0.15) is 0 Å². The fraction of sp³-hybridized carbons (Fsp3) is 0.500. The van der Waals surface area contributed by atoms with Gasteiger partial charge in [0.05, 0.1) is 13.5 Å². The van der Waals surface area contributed by atoms with E-state index in [9.17, 15) is 9.59 Å². The Kier molecular flexibility index (Phi) is 4.96. The number of methoxy groups -OCH3 is 1. The largest absolute Gasteiger partial charge is 0.469 e. The van der Waals surface area contributed by atoms with Crippen molar-refractivity contribution >= 4 is 17.6 Å². The second-order valence-electron chi connectivity index (χ2n) is 5.35. The lowest BCUT2D eigenvalue weighted by Gasteiger charge is -2.17. The van der Waals surface area contributed by atoms with Crippen molar-refractivity contribution in [3.8, 4) is 0 Å². The van der Waals surface area contributed by atoms with Gasteiger partial charge in [-0.3, -0.25) is 9.59 Å². The molecule has 0 fully saturated rings. The molecule has 0 saturated carbocycles. The number of likely N-dealkylation sites (N-methyl/N-ethyl adjacent to an activating group) is 1. The molecule has 1 heterocycles. The molecule has 1 unspecified atom stereocenters. The molecule has 0 aliphatic carbocycles. The number of ether oxygens (including phenoxy) is 1. The summed E-state index contributed by atoms with van der Waals surface area (Å²) in [6.45, 7) is 2.35. The van der Waals surface area contributed by atoms with Crippen LogP contribution in [0, 0.1) is 0 Å². The monoisotopic (exact) mass is 290 g/mol. The predicted octanol–water partition coefficient (Wildman–Crippen LogP) is 1.29. The van der Waals surface area contributed by atoms with Gasteiger partial charge in [0.1, 0.15) is 0 Å². The van der Waals surface area contributed by atoms with Gasteiger partial charge in [-0.05, 0) is 37.1 Å². The molecule has 0 bridgehead atoms. The lowest BCUT2D eigenvalue weighted by atomic mass is 10.0. The van der Waals surface area contributed by atoms with E-state index in [2.05, 4.69) is 11.4 Å². The minimum atomic E-state index is -0.210. The van der Waals surface area contributed by atoms with Crippen LogP contribution in [0.15, 0.2) is 18.2 Å². The molecule has 0 radical (unpaired) electrons. The Bertz CT molecular complexity index is 542. The van der Waals surface area contributed by atoms with Crippen molar-refractivity contribution in [2.75, 3.05) is 25.6 Å². The molecule has 5 heteroatoms. The topological polar surface area (TPSA) is 58.6 Å². The van der Waals surface area contributed by atoms with E-state index in [0.29, 0.717) is 6.42 Å². The maximum atomic E-state index is 11.5. The summed E-state index contributed by atoms with van der Waals surface area (Å²) in [7, 11) is 3.25. The maximum Gasteiger partial charge on any atom is 0.307 e. The molecule has 1 aliphatic heterocycles. The quantitative estimate of drug-likeness (QED) is 0.830. The summed E-state index contributed by atoms with van der Waals surface area (Å²) in [5.41, 5.74) is 3.39. The van der Waals surface area contributed by atoms with E-state index in [0.717, 1.165) is 25.1 Å². The van der Waals surface area contributed by atoms with E-state index < -0.39 is 0 Å². The second kappa shape index (κ2) is 6.72. The highest BCUT2D eigenvalue weighted by Crippen LogP contribution is 2.29. The third-order valence-corrected chi connectivity index (χ3v) is 3.95. The van der Waals surface area contributed by atoms with Crippen molar-refractivity contribution in [1.82, 2.24) is 5.32 Å². The minimum Gasteiger partial charge on any atom is -0.469 e. The SMILES string of the molecule is CNC(CC(=O)OC)Cc1ccc2c(c1)CCN2C(C)=O. The highest BCUT2D eigenvalue weighted by atomic mass is 16.5. The molecule has 2 rings (SSSR count). The van der Waals surface area contributed by atoms with Gasteiger partial charge in [-0.1, -0.05) is 12.1 Å². The first-order valence-corrected chi connectivity index (χ1v) is 7.19. The highest BCUT2D eigenvalue weighted by molar-refractivity contribution is 5.93. The highest BCUT2D eigenvalue weighted by Gasteiger charge is 2.22. The number of benzene rings is 1. The van der Waals surface area contributed by atoms with E-state index >= 15 is 0 Å². The van der Waals surface area contributed by atoms with Gasteiger partial charge >= 0.3 is 5.97 Å². The molecule has 1 aromatic carbocycles. The Labute approximate surface area is 125 Å². The van der Waals surface area contributed by atoms with E-state index in [1.54, 1.807) is 6.92 Å². The molecule has 0 aromatic heterocycles. The summed E-state index contributed by atoms with van der Waals surface area (Å²) in [5.74, 6) is -0.126. The van der Waals surface area contributed by atoms with Gasteiger partial charge in [0.2, 0.25) is 5.91 Å². The van der Waals surface area contributed by atoms with Crippen molar-refractivity contribution in [1.29, 1.82) is 0 Å². The van der Waals surface area contributed by atoms with Crippen molar-refractivity contribution in [3.63, 3.8) is 0 Å². The van der Waals surface area contributed by atoms with Crippen LogP contribution in [0.1, 0.15) is 24.5 Å². The maximum absolute atomic E-state index is 11.5. The number of hydrogen-bond acceptors (Lipinski definition) is 4. The number of amides is 1. The summed E-state index contributed by atoms with van der Waals surface area (Å²) in [6.07, 6.45) is 2.01. The van der Waals surface area contributed by atoms with E-state index in [-0.39, 0.29) is 17.9 Å². The van der Waals surface area contributed by atoms with Crippen LogP contribution in [0.2, 0.25) is 0 Å². The van der Waals surface area contributed by atoms with Crippen molar-refractivity contribution < 1.29 is 14.3 Å². The van der Waals surface area contributed by atoms with Gasteiger partial charge in [-0.15, -0.1) is 0 Å². The Morgan fingerprint density at radius 3 is 2.81 bits per heavy atom. The van der Waals surface area contributed by atoms with Gasteiger partial charge < -0.3 is 15.0 Å². The van der Waals surface area contributed by atoms with Crippen LogP contribution >= 0.6 is 0 Å². The molecule has 1 aromatic rings. The van der Waals surface area contributed by atoms with Crippen LogP contribution in [-0.2, 0) is 27.2 Å². The summed E-state index contributed by atoms with van der Waals surface area (Å²) >= 11 is 0. The fourth-order valence-corrected chi connectivity index (χ4v) is 2.75. The van der Waals surface area contributed by atoms with Gasteiger partial charge in [0.15, 0.2) is 0 Å². The summed E-state index contributed by atoms with van der Waals surface area (Å²) in [5, 5.41) is 3.15. The van der Waals surface area contributed by atoms with Gasteiger partial charge in [-0.25, -0.2) is 0 Å². The minimum absolute atomic E-state index is 0.0563. The van der Waals surface area contributed by atoms with E-state index in [1.165, 1.54) is 18.2 Å². The van der Waals surface area contributed by atoms with Crippen molar-refractivity contribution in [2.24, 2.45) is 0 Å². The third-order valence-electron chi connectivity index (χ3n) is 3.95. The molecule has 1 atom stereocenters. The smallest absolute Gasteiger partial charge is 0.307 e. The first-order chi connectivity index (χ1) is 10.0. The Hall–Kier alpha value is -1.88. The third kappa shape index (κ3) is 3.61. The van der Waals surface area contributed by atoms with Crippen LogP contribution in [-0.4, -0.2) is 38.6 Å². The molecule has 21 heavy (non-hydrogen) atoms. The number of hydrogen-bond donors (Lipinski definition) is 1. The molecule has 1 aliphatic rings. The number of carbonyl (C=O) groups is 2. The molecule has 1 N–H and O–H groups in total. The van der Waals surface area contributed by atoms with Gasteiger partial charge in [0, 0.05) is 25.2 Å². The van der Waals surface area contributed by atoms with E-state index in [1.807, 2.05) is 24.1 Å². The van der Waals surface area contributed by atoms with Crippen LogP contribution < -0.4 is 10.2 Å². The molecular formula is C16H22N2O3. The number of carbonyl (C=O) groups excluding carboxylic acids is 2. The number of anilines is 1. The Balaban J connectivity index is 2.09. The summed E-state index contributed by atoms with van der Waals surface area (Å²) in [6, 6.07) is 6.23. The molecule has 0 spiro atoms. The second-order valence-corrected chi connectivity index (χ2v) is 5.35. The number of nitrogens with zero attached hydrogens (tertiary/aromatic N) is 1. The summed E-state index contributed by atoms with van der Waals surface area (Å²) < 4.78 is 4.71. The lowest BCUT2D eigenvalue weighted by molar-refractivity contribution is -0.141. The molecule has 114 valence electrons. The van der Waals surface area contributed by atoms with Crippen molar-refractivity contribution in [3.05, 3.63) is 29.3 Å². The molecular weight excluding hydrogens is 268 g/mol. The molecule has 0 saturated heterocycles. The zero-order valence-corrected chi connectivity index (χ0v) is 12.8. The van der Waals surface area contributed by atoms with E-state index in [4.69, 9.17) is 4.74 Å². The number of esters is 1. The average molecular weight is 290 g/mol.